The van der Waals surface area contributed by atoms with Gasteiger partial charge in [0, 0.05) is 0 Å². The molecule has 0 radical (unpaired) electrons. The van der Waals surface area contributed by atoms with Gasteiger partial charge in [0.2, 0.25) is 0 Å². The summed E-state index contributed by atoms with van der Waals surface area (Å²) in [5, 5.41) is 0. The fourth-order valence-corrected chi connectivity index (χ4v) is 1.16. The maximum atomic E-state index is 3.70. The molecule has 0 bridgehead atoms. The number of nitrogens with zero attached hydrogens (tertiary/aromatic N) is 1. The molecule has 0 atom stereocenters. The standard InChI is InChI=1S/C10H21N/c1-4-6-7-8-10-11(3)9-5-2/h4H,1,5-10H2,2-3H3. The minimum absolute atomic E-state index is 1.17. The lowest BCUT2D eigenvalue weighted by molar-refractivity contribution is 0.327. The maximum Gasteiger partial charge on any atom is -0.00217 e. The summed E-state index contributed by atoms with van der Waals surface area (Å²) in [4.78, 5) is 2.39. The summed E-state index contributed by atoms with van der Waals surface area (Å²) >= 11 is 0. The van der Waals surface area contributed by atoms with Gasteiger partial charge in [-0.1, -0.05) is 13.0 Å². The second kappa shape index (κ2) is 7.80. The van der Waals surface area contributed by atoms with Gasteiger partial charge >= 0.3 is 0 Å². The van der Waals surface area contributed by atoms with E-state index in [9.17, 15) is 0 Å². The van der Waals surface area contributed by atoms with Crippen molar-refractivity contribution < 1.29 is 0 Å². The largest absolute Gasteiger partial charge is 0.306 e. The van der Waals surface area contributed by atoms with Crippen molar-refractivity contribution in [2.45, 2.75) is 32.6 Å². The third kappa shape index (κ3) is 7.60. The maximum absolute atomic E-state index is 3.70. The number of hydrogen-bond acceptors (Lipinski definition) is 1. The summed E-state index contributed by atoms with van der Waals surface area (Å²) < 4.78 is 0. The molecule has 0 aliphatic rings. The Bertz CT molecular complexity index is 88.9. The highest BCUT2D eigenvalue weighted by atomic mass is 15.1. The third-order valence-corrected chi connectivity index (χ3v) is 1.80. The zero-order valence-electron chi connectivity index (χ0n) is 7.97. The summed E-state index contributed by atoms with van der Waals surface area (Å²) in [7, 11) is 2.19. The fourth-order valence-electron chi connectivity index (χ4n) is 1.16. The smallest absolute Gasteiger partial charge is 0.00217 e. The van der Waals surface area contributed by atoms with Gasteiger partial charge in [0.1, 0.15) is 0 Å². The van der Waals surface area contributed by atoms with Gasteiger partial charge < -0.3 is 4.90 Å². The zero-order valence-corrected chi connectivity index (χ0v) is 7.97. The van der Waals surface area contributed by atoms with Gasteiger partial charge in [-0.15, -0.1) is 6.58 Å². The third-order valence-electron chi connectivity index (χ3n) is 1.80. The van der Waals surface area contributed by atoms with Crippen LogP contribution in [-0.2, 0) is 0 Å². The van der Waals surface area contributed by atoms with E-state index in [1.54, 1.807) is 0 Å². The molecule has 0 saturated heterocycles. The predicted molar refractivity (Wildman–Crippen MR) is 51.8 cm³/mol. The van der Waals surface area contributed by atoms with Gasteiger partial charge in [-0.2, -0.15) is 0 Å². The molecule has 0 aromatic carbocycles. The summed E-state index contributed by atoms with van der Waals surface area (Å²) in [6.45, 7) is 8.39. The Kier molecular flexibility index (Phi) is 7.59. The molecule has 0 aliphatic carbocycles. The lowest BCUT2D eigenvalue weighted by Crippen LogP contribution is -2.20. The van der Waals surface area contributed by atoms with Crippen LogP contribution in [0.25, 0.3) is 0 Å². The van der Waals surface area contributed by atoms with E-state index in [0.717, 1.165) is 0 Å². The molecule has 0 aromatic heterocycles. The van der Waals surface area contributed by atoms with E-state index >= 15 is 0 Å². The van der Waals surface area contributed by atoms with E-state index in [2.05, 4.69) is 25.5 Å². The molecule has 0 aromatic rings. The minimum Gasteiger partial charge on any atom is -0.306 e. The molecule has 0 fully saturated rings. The van der Waals surface area contributed by atoms with Crippen molar-refractivity contribution in [3.8, 4) is 0 Å². The second-order valence-electron chi connectivity index (χ2n) is 3.09. The Hall–Kier alpha value is -0.300. The number of allylic oxidation sites excluding steroid dienone is 1. The van der Waals surface area contributed by atoms with E-state index in [4.69, 9.17) is 0 Å². The molecule has 0 spiro atoms. The van der Waals surface area contributed by atoms with E-state index in [-0.39, 0.29) is 0 Å². The molecule has 0 rings (SSSR count). The first-order valence-corrected chi connectivity index (χ1v) is 4.60. The summed E-state index contributed by atoms with van der Waals surface area (Å²) in [6, 6.07) is 0. The molecule has 0 saturated carbocycles. The lowest BCUT2D eigenvalue weighted by atomic mass is 10.2. The number of rotatable bonds is 7. The summed E-state index contributed by atoms with van der Waals surface area (Å²) in [5.41, 5.74) is 0. The molecule has 1 heteroatoms. The van der Waals surface area contributed by atoms with E-state index < -0.39 is 0 Å². The van der Waals surface area contributed by atoms with Crippen LogP contribution in [0.15, 0.2) is 12.7 Å². The van der Waals surface area contributed by atoms with Crippen LogP contribution in [0.1, 0.15) is 32.6 Å². The van der Waals surface area contributed by atoms with Crippen molar-refractivity contribution in [1.82, 2.24) is 4.90 Å². The first-order chi connectivity index (χ1) is 5.31. The van der Waals surface area contributed by atoms with Crippen LogP contribution in [0.3, 0.4) is 0 Å². The van der Waals surface area contributed by atoms with Crippen LogP contribution in [0.4, 0.5) is 0 Å². The minimum atomic E-state index is 1.17. The molecular weight excluding hydrogens is 134 g/mol. The van der Waals surface area contributed by atoms with E-state index in [1.165, 1.54) is 38.8 Å². The monoisotopic (exact) mass is 155 g/mol. The van der Waals surface area contributed by atoms with Crippen molar-refractivity contribution in [3.05, 3.63) is 12.7 Å². The molecule has 0 amide bonds. The molecule has 11 heavy (non-hydrogen) atoms. The second-order valence-corrected chi connectivity index (χ2v) is 3.09. The molecule has 1 nitrogen and oxygen atoms in total. The quantitative estimate of drug-likeness (QED) is 0.403. The molecule has 0 aliphatic heterocycles. The summed E-state index contributed by atoms with van der Waals surface area (Å²) in [5.74, 6) is 0. The zero-order chi connectivity index (χ0) is 8.53. The SMILES string of the molecule is C=CCCCCN(C)CCC. The molecule has 0 N–H and O–H groups in total. The van der Waals surface area contributed by atoms with Crippen molar-refractivity contribution in [2.24, 2.45) is 0 Å². The van der Waals surface area contributed by atoms with Gasteiger partial charge in [0.15, 0.2) is 0 Å². The topological polar surface area (TPSA) is 3.24 Å². The molecular formula is C10H21N. The number of hydrogen-bond donors (Lipinski definition) is 0. The molecule has 66 valence electrons. The van der Waals surface area contributed by atoms with Crippen LogP contribution in [-0.4, -0.2) is 25.0 Å². The van der Waals surface area contributed by atoms with Crippen LogP contribution >= 0.6 is 0 Å². The highest BCUT2D eigenvalue weighted by Gasteiger charge is 1.94. The highest BCUT2D eigenvalue weighted by molar-refractivity contribution is 4.65. The van der Waals surface area contributed by atoms with E-state index in [0.29, 0.717) is 0 Å². The highest BCUT2D eigenvalue weighted by Crippen LogP contribution is 1.97. The fraction of sp³-hybridized carbons (Fsp3) is 0.800. The Morgan fingerprint density at radius 3 is 2.55 bits per heavy atom. The Labute approximate surface area is 71.1 Å². The number of unbranched alkanes of at least 4 members (excludes halogenated alkanes) is 2. The van der Waals surface area contributed by atoms with Crippen molar-refractivity contribution in [3.63, 3.8) is 0 Å². The first-order valence-electron chi connectivity index (χ1n) is 4.60. The normalized spacial score (nSPS) is 10.5. The first kappa shape index (κ1) is 10.7. The Balaban J connectivity index is 3.03. The Morgan fingerprint density at radius 2 is 2.00 bits per heavy atom. The lowest BCUT2D eigenvalue weighted by Gasteiger charge is -2.14. The van der Waals surface area contributed by atoms with Gasteiger partial charge in [-0.25, -0.2) is 0 Å². The van der Waals surface area contributed by atoms with Crippen molar-refractivity contribution in [1.29, 1.82) is 0 Å². The average molecular weight is 155 g/mol. The molecule has 0 unspecified atom stereocenters. The molecule has 0 heterocycles. The van der Waals surface area contributed by atoms with Crippen LogP contribution in [0, 0.1) is 0 Å². The van der Waals surface area contributed by atoms with Gasteiger partial charge in [-0.3, -0.25) is 0 Å². The van der Waals surface area contributed by atoms with Gasteiger partial charge in [0.05, 0.1) is 0 Å². The van der Waals surface area contributed by atoms with Crippen LogP contribution in [0.5, 0.6) is 0 Å². The van der Waals surface area contributed by atoms with Crippen LogP contribution in [0.2, 0.25) is 0 Å². The van der Waals surface area contributed by atoms with E-state index in [1.807, 2.05) is 6.08 Å². The Morgan fingerprint density at radius 1 is 1.27 bits per heavy atom. The van der Waals surface area contributed by atoms with Crippen molar-refractivity contribution >= 4 is 0 Å². The van der Waals surface area contributed by atoms with Gasteiger partial charge in [0.25, 0.3) is 0 Å². The summed E-state index contributed by atoms with van der Waals surface area (Å²) in [6.07, 6.45) is 7.03. The average Bonchev–Trinajstić information content (AvgIpc) is 1.99. The predicted octanol–water partition coefficient (Wildman–Crippen LogP) is 2.68. The van der Waals surface area contributed by atoms with Gasteiger partial charge in [-0.05, 0) is 45.8 Å². The van der Waals surface area contributed by atoms with Crippen molar-refractivity contribution in [2.75, 3.05) is 20.1 Å². The van der Waals surface area contributed by atoms with Crippen LogP contribution < -0.4 is 0 Å².